The zero-order chi connectivity index (χ0) is 17.5. The summed E-state index contributed by atoms with van der Waals surface area (Å²) in [6, 6.07) is 7.60. The van der Waals surface area contributed by atoms with Crippen molar-refractivity contribution in [3.05, 3.63) is 42.5 Å². The van der Waals surface area contributed by atoms with Crippen molar-refractivity contribution in [3.63, 3.8) is 0 Å². The van der Waals surface area contributed by atoms with Crippen LogP contribution in [0, 0.1) is 0 Å². The Morgan fingerprint density at radius 2 is 2.04 bits per heavy atom. The summed E-state index contributed by atoms with van der Waals surface area (Å²) in [5.41, 5.74) is 1.78. The number of aliphatic hydroxyl groups excluding tert-OH is 1. The molecule has 0 spiro atoms. The zero-order valence-corrected chi connectivity index (χ0v) is 14.6. The lowest BCUT2D eigenvalue weighted by atomic mass is 10.2. The number of likely N-dealkylation sites (N-methyl/N-ethyl adjacent to an activating group) is 1. The lowest BCUT2D eigenvalue weighted by Crippen LogP contribution is -2.21. The summed E-state index contributed by atoms with van der Waals surface area (Å²) in [5.74, 6) is 1.32. The summed E-state index contributed by atoms with van der Waals surface area (Å²) >= 11 is 0. The average molecular weight is 330 g/mol. The first-order chi connectivity index (χ1) is 11.5. The number of benzene rings is 1. The Morgan fingerprint density at radius 1 is 1.33 bits per heavy atom. The number of amides is 1. The highest BCUT2D eigenvalue weighted by atomic mass is 16.3. The number of aliphatic hydroxyl groups is 1. The monoisotopic (exact) mass is 330 g/mol. The van der Waals surface area contributed by atoms with E-state index < -0.39 is 0 Å². The number of rotatable bonds is 8. The first-order valence-corrected chi connectivity index (χ1v) is 8.24. The number of nitrogens with one attached hydrogen (secondary N) is 1. The van der Waals surface area contributed by atoms with Gasteiger partial charge in [0.1, 0.15) is 5.82 Å². The van der Waals surface area contributed by atoms with Crippen LogP contribution >= 0.6 is 0 Å². The highest BCUT2D eigenvalue weighted by Crippen LogP contribution is 2.17. The molecule has 1 amide bonds. The van der Waals surface area contributed by atoms with Gasteiger partial charge in [-0.1, -0.05) is 13.8 Å². The molecule has 0 atom stereocenters. The number of hydrogen-bond donors (Lipinski definition) is 2. The molecule has 0 aliphatic heterocycles. The van der Waals surface area contributed by atoms with Crippen molar-refractivity contribution in [3.8, 4) is 0 Å². The maximum absolute atomic E-state index is 12.1. The van der Waals surface area contributed by atoms with Gasteiger partial charge in [0.2, 0.25) is 5.91 Å². The Labute approximate surface area is 143 Å². The van der Waals surface area contributed by atoms with Gasteiger partial charge in [0.25, 0.3) is 0 Å². The van der Waals surface area contributed by atoms with Crippen molar-refractivity contribution in [1.29, 1.82) is 0 Å². The second-order valence-corrected chi connectivity index (χ2v) is 6.12. The van der Waals surface area contributed by atoms with E-state index in [1.807, 2.05) is 47.0 Å². The molecular weight excluding hydrogens is 304 g/mol. The molecular formula is C18H26N4O2. The van der Waals surface area contributed by atoms with E-state index in [0.29, 0.717) is 25.4 Å². The van der Waals surface area contributed by atoms with Gasteiger partial charge in [0, 0.05) is 56.2 Å². The molecule has 6 heteroatoms. The van der Waals surface area contributed by atoms with E-state index in [4.69, 9.17) is 5.11 Å². The topological polar surface area (TPSA) is 70.4 Å². The maximum Gasteiger partial charge on any atom is 0.226 e. The lowest BCUT2D eigenvalue weighted by Gasteiger charge is -2.18. The van der Waals surface area contributed by atoms with Crippen LogP contribution in [0.1, 0.15) is 32.0 Å². The number of carbonyl (C=O) groups excluding carboxylic acids is 1. The van der Waals surface area contributed by atoms with Crippen molar-refractivity contribution < 1.29 is 9.90 Å². The first kappa shape index (κ1) is 18.0. The van der Waals surface area contributed by atoms with Crippen LogP contribution in [0.4, 0.5) is 11.4 Å². The molecule has 1 aromatic heterocycles. The Bertz CT molecular complexity index is 649. The van der Waals surface area contributed by atoms with Crippen LogP contribution in [-0.4, -0.2) is 40.8 Å². The Kier molecular flexibility index (Phi) is 6.37. The molecule has 0 saturated carbocycles. The van der Waals surface area contributed by atoms with Gasteiger partial charge >= 0.3 is 0 Å². The average Bonchev–Trinajstić information content (AvgIpc) is 3.02. The number of aryl methyl sites for hydroxylation is 1. The standard InChI is InChI=1S/C18H26N4O2/c1-14(2)18-19-9-11-22(18)10-8-17(24)20-15-4-6-16(7-5-15)21(3)12-13-23/h4-7,9,11,14,23H,8,10,12-13H2,1-3H3,(H,20,24). The highest BCUT2D eigenvalue weighted by molar-refractivity contribution is 5.90. The number of anilines is 2. The predicted molar refractivity (Wildman–Crippen MR) is 96.4 cm³/mol. The molecule has 0 unspecified atom stereocenters. The van der Waals surface area contributed by atoms with Crippen molar-refractivity contribution >= 4 is 17.3 Å². The smallest absolute Gasteiger partial charge is 0.226 e. The summed E-state index contributed by atoms with van der Waals surface area (Å²) < 4.78 is 2.02. The molecule has 1 aromatic carbocycles. The van der Waals surface area contributed by atoms with Gasteiger partial charge in [-0.05, 0) is 24.3 Å². The molecule has 2 aromatic rings. The predicted octanol–water partition coefficient (Wildman–Crippen LogP) is 2.46. The Hall–Kier alpha value is -2.34. The van der Waals surface area contributed by atoms with E-state index in [1.165, 1.54) is 0 Å². The minimum absolute atomic E-state index is 0.0186. The van der Waals surface area contributed by atoms with Gasteiger partial charge < -0.3 is 19.9 Å². The van der Waals surface area contributed by atoms with E-state index in [1.54, 1.807) is 6.20 Å². The molecule has 0 radical (unpaired) electrons. The molecule has 2 N–H and O–H groups in total. The molecule has 24 heavy (non-hydrogen) atoms. The third-order valence-electron chi connectivity index (χ3n) is 3.87. The van der Waals surface area contributed by atoms with Crippen LogP contribution in [0.3, 0.4) is 0 Å². The normalized spacial score (nSPS) is 10.9. The summed E-state index contributed by atoms with van der Waals surface area (Å²) in [4.78, 5) is 18.4. The quantitative estimate of drug-likeness (QED) is 0.780. The van der Waals surface area contributed by atoms with Crippen LogP contribution in [0.5, 0.6) is 0 Å². The first-order valence-electron chi connectivity index (χ1n) is 8.24. The van der Waals surface area contributed by atoms with Crippen molar-refractivity contribution in [2.24, 2.45) is 0 Å². The minimum atomic E-state index is -0.0186. The van der Waals surface area contributed by atoms with Crippen LogP contribution in [0.25, 0.3) is 0 Å². The molecule has 130 valence electrons. The zero-order valence-electron chi connectivity index (χ0n) is 14.6. The van der Waals surface area contributed by atoms with E-state index in [-0.39, 0.29) is 12.5 Å². The number of carbonyl (C=O) groups is 1. The molecule has 0 fully saturated rings. The van der Waals surface area contributed by atoms with Crippen LogP contribution in [0.15, 0.2) is 36.7 Å². The summed E-state index contributed by atoms with van der Waals surface area (Å²) in [5, 5.41) is 11.9. The fourth-order valence-corrected chi connectivity index (χ4v) is 2.53. The number of nitrogens with zero attached hydrogens (tertiary/aromatic N) is 3. The summed E-state index contributed by atoms with van der Waals surface area (Å²) in [6.07, 6.45) is 4.09. The fourth-order valence-electron chi connectivity index (χ4n) is 2.53. The largest absolute Gasteiger partial charge is 0.395 e. The van der Waals surface area contributed by atoms with Crippen LogP contribution < -0.4 is 10.2 Å². The number of imidazole rings is 1. The fraction of sp³-hybridized carbons (Fsp3) is 0.444. The van der Waals surface area contributed by atoms with Crippen molar-refractivity contribution in [2.75, 3.05) is 30.4 Å². The summed E-state index contributed by atoms with van der Waals surface area (Å²) in [6.45, 7) is 5.50. The molecule has 0 saturated heterocycles. The molecule has 0 bridgehead atoms. The molecule has 2 rings (SSSR count). The van der Waals surface area contributed by atoms with Gasteiger partial charge in [0.05, 0.1) is 6.61 Å². The number of hydrogen-bond acceptors (Lipinski definition) is 4. The molecule has 6 nitrogen and oxygen atoms in total. The Morgan fingerprint density at radius 3 is 2.67 bits per heavy atom. The third-order valence-corrected chi connectivity index (χ3v) is 3.87. The third kappa shape index (κ3) is 4.83. The van der Waals surface area contributed by atoms with Gasteiger partial charge in [-0.15, -0.1) is 0 Å². The van der Waals surface area contributed by atoms with Crippen molar-refractivity contribution in [2.45, 2.75) is 32.7 Å². The summed E-state index contributed by atoms with van der Waals surface area (Å²) in [7, 11) is 1.92. The van der Waals surface area contributed by atoms with Gasteiger partial charge in [0.15, 0.2) is 0 Å². The van der Waals surface area contributed by atoms with E-state index in [0.717, 1.165) is 17.2 Å². The van der Waals surface area contributed by atoms with Crippen LogP contribution in [0.2, 0.25) is 0 Å². The number of aromatic nitrogens is 2. The lowest BCUT2D eigenvalue weighted by molar-refractivity contribution is -0.116. The second kappa shape index (κ2) is 8.49. The van der Waals surface area contributed by atoms with Crippen LogP contribution in [-0.2, 0) is 11.3 Å². The SMILES string of the molecule is CC(C)c1nccn1CCC(=O)Nc1ccc(N(C)CCO)cc1. The highest BCUT2D eigenvalue weighted by Gasteiger charge is 2.09. The van der Waals surface area contributed by atoms with E-state index in [2.05, 4.69) is 24.1 Å². The Balaban J connectivity index is 1.87. The second-order valence-electron chi connectivity index (χ2n) is 6.12. The minimum Gasteiger partial charge on any atom is -0.395 e. The molecule has 0 aliphatic rings. The van der Waals surface area contributed by atoms with Gasteiger partial charge in [-0.3, -0.25) is 4.79 Å². The molecule has 0 aliphatic carbocycles. The molecule has 1 heterocycles. The van der Waals surface area contributed by atoms with Gasteiger partial charge in [-0.25, -0.2) is 4.98 Å². The van der Waals surface area contributed by atoms with E-state index in [9.17, 15) is 4.79 Å². The maximum atomic E-state index is 12.1. The van der Waals surface area contributed by atoms with E-state index >= 15 is 0 Å². The van der Waals surface area contributed by atoms with Crippen molar-refractivity contribution in [1.82, 2.24) is 9.55 Å². The van der Waals surface area contributed by atoms with Gasteiger partial charge in [-0.2, -0.15) is 0 Å².